The molecule has 2 aromatic carbocycles. The molecule has 3 aromatic rings. The molecule has 2 amide bonds. The summed E-state index contributed by atoms with van der Waals surface area (Å²) >= 11 is 0. The van der Waals surface area contributed by atoms with Crippen molar-refractivity contribution in [3.8, 4) is 0 Å². The highest BCUT2D eigenvalue weighted by atomic mass is 16.2. The third-order valence-corrected chi connectivity index (χ3v) is 6.59. The number of H-pyrrole nitrogens is 1. The predicted molar refractivity (Wildman–Crippen MR) is 122 cm³/mol. The zero-order valence-corrected chi connectivity index (χ0v) is 18.2. The van der Waals surface area contributed by atoms with E-state index in [1.54, 1.807) is 4.90 Å². The van der Waals surface area contributed by atoms with Crippen LogP contribution in [0.4, 0.5) is 0 Å². The summed E-state index contributed by atoms with van der Waals surface area (Å²) in [7, 11) is 0. The fourth-order valence-corrected chi connectivity index (χ4v) is 5.29. The molecule has 0 unspecified atom stereocenters. The van der Waals surface area contributed by atoms with Crippen molar-refractivity contribution in [1.29, 1.82) is 0 Å². The van der Waals surface area contributed by atoms with E-state index in [0.29, 0.717) is 18.9 Å². The molecule has 0 aliphatic carbocycles. The number of nitrogens with zero attached hydrogens (tertiary/aromatic N) is 2. The van der Waals surface area contributed by atoms with Gasteiger partial charge in [-0.3, -0.25) is 9.59 Å². The highest BCUT2D eigenvalue weighted by Gasteiger charge is 2.47. The second-order valence-corrected chi connectivity index (χ2v) is 9.24. The minimum absolute atomic E-state index is 0.0626. The first-order chi connectivity index (χ1) is 15.0. The number of carbonyl (C=O) groups excluding carboxylic acids is 2. The fourth-order valence-electron chi connectivity index (χ4n) is 5.29. The molecule has 0 spiro atoms. The minimum Gasteiger partial charge on any atom is -0.356 e. The van der Waals surface area contributed by atoms with Crippen molar-refractivity contribution in [2.45, 2.75) is 45.2 Å². The lowest BCUT2D eigenvalue weighted by Crippen LogP contribution is -2.63. The molecule has 2 aliphatic rings. The summed E-state index contributed by atoms with van der Waals surface area (Å²) in [5.41, 5.74) is 4.63. The van der Waals surface area contributed by atoms with Gasteiger partial charge in [-0.2, -0.15) is 0 Å². The molecule has 0 radical (unpaired) electrons. The summed E-state index contributed by atoms with van der Waals surface area (Å²) in [4.78, 5) is 34.0. The second-order valence-electron chi connectivity index (χ2n) is 9.24. The van der Waals surface area contributed by atoms with Gasteiger partial charge in [0.15, 0.2) is 0 Å². The molecule has 160 valence electrons. The third kappa shape index (κ3) is 3.52. The van der Waals surface area contributed by atoms with Crippen LogP contribution < -0.4 is 0 Å². The second kappa shape index (κ2) is 7.88. The maximum atomic E-state index is 13.5. The Morgan fingerprint density at radius 1 is 1.03 bits per heavy atom. The van der Waals surface area contributed by atoms with Crippen LogP contribution in [0.15, 0.2) is 54.6 Å². The SMILES string of the molecule is CC(C)CN1CC(=O)N2[C@H](CCc3ccccc3)c3[nH]c4ccccc4c3C[C@H]2C1=O. The van der Waals surface area contributed by atoms with Gasteiger partial charge in [0.25, 0.3) is 0 Å². The van der Waals surface area contributed by atoms with E-state index in [0.717, 1.165) is 24.1 Å². The molecule has 1 fully saturated rings. The number of carbonyl (C=O) groups is 2. The summed E-state index contributed by atoms with van der Waals surface area (Å²) in [5, 5.41) is 1.17. The highest BCUT2D eigenvalue weighted by Crippen LogP contribution is 2.41. The number of aromatic nitrogens is 1. The van der Waals surface area contributed by atoms with Crippen molar-refractivity contribution >= 4 is 22.7 Å². The van der Waals surface area contributed by atoms with E-state index in [2.05, 4.69) is 43.1 Å². The number of benzene rings is 2. The molecule has 2 atom stereocenters. The first-order valence-electron chi connectivity index (χ1n) is 11.3. The Kier molecular flexibility index (Phi) is 5.05. The summed E-state index contributed by atoms with van der Waals surface area (Å²) in [6.45, 7) is 4.99. The van der Waals surface area contributed by atoms with Gasteiger partial charge in [0.2, 0.25) is 11.8 Å². The van der Waals surface area contributed by atoms with E-state index < -0.39 is 6.04 Å². The van der Waals surface area contributed by atoms with Gasteiger partial charge < -0.3 is 14.8 Å². The lowest BCUT2D eigenvalue weighted by molar-refractivity contribution is -0.160. The topological polar surface area (TPSA) is 56.4 Å². The van der Waals surface area contributed by atoms with Crippen molar-refractivity contribution in [1.82, 2.24) is 14.8 Å². The quantitative estimate of drug-likeness (QED) is 0.682. The Balaban J connectivity index is 1.55. The van der Waals surface area contributed by atoms with Gasteiger partial charge in [-0.15, -0.1) is 0 Å². The molecule has 5 heteroatoms. The first kappa shape index (κ1) is 19.9. The molecule has 1 saturated heterocycles. The predicted octanol–water partition coefficient (Wildman–Crippen LogP) is 4.09. The maximum Gasteiger partial charge on any atom is 0.246 e. The lowest BCUT2D eigenvalue weighted by atomic mass is 9.86. The number of nitrogens with one attached hydrogen (secondary N) is 1. The third-order valence-electron chi connectivity index (χ3n) is 6.59. The Bertz CT molecular complexity index is 1120. The highest BCUT2D eigenvalue weighted by molar-refractivity contribution is 5.97. The number of hydrogen-bond acceptors (Lipinski definition) is 2. The van der Waals surface area contributed by atoms with Crippen LogP contribution in [0.2, 0.25) is 0 Å². The first-order valence-corrected chi connectivity index (χ1v) is 11.3. The van der Waals surface area contributed by atoms with Gasteiger partial charge in [-0.25, -0.2) is 0 Å². The number of amides is 2. The number of rotatable bonds is 5. The zero-order valence-electron chi connectivity index (χ0n) is 18.2. The van der Waals surface area contributed by atoms with Crippen molar-refractivity contribution < 1.29 is 9.59 Å². The number of aromatic amines is 1. The number of aryl methyl sites for hydroxylation is 1. The zero-order chi connectivity index (χ0) is 21.5. The number of hydrogen-bond donors (Lipinski definition) is 1. The summed E-state index contributed by atoms with van der Waals surface area (Å²) in [6, 6.07) is 18.1. The fraction of sp³-hybridized carbons (Fsp3) is 0.385. The van der Waals surface area contributed by atoms with Gasteiger partial charge >= 0.3 is 0 Å². The van der Waals surface area contributed by atoms with E-state index >= 15 is 0 Å². The number of para-hydroxylation sites is 1. The van der Waals surface area contributed by atoms with Gasteiger partial charge in [0, 0.05) is 29.6 Å². The van der Waals surface area contributed by atoms with E-state index in [4.69, 9.17) is 0 Å². The monoisotopic (exact) mass is 415 g/mol. The minimum atomic E-state index is -0.410. The molecular weight excluding hydrogens is 386 g/mol. The summed E-state index contributed by atoms with van der Waals surface area (Å²) in [5.74, 6) is 0.492. The van der Waals surface area contributed by atoms with E-state index in [1.807, 2.05) is 35.2 Å². The largest absolute Gasteiger partial charge is 0.356 e. The van der Waals surface area contributed by atoms with Crippen LogP contribution in [0.1, 0.15) is 43.1 Å². The van der Waals surface area contributed by atoms with Crippen molar-refractivity contribution in [2.24, 2.45) is 5.92 Å². The molecule has 3 heterocycles. The van der Waals surface area contributed by atoms with E-state index in [9.17, 15) is 9.59 Å². The average Bonchev–Trinajstić information content (AvgIpc) is 3.14. The summed E-state index contributed by atoms with van der Waals surface area (Å²) < 4.78 is 0. The van der Waals surface area contributed by atoms with Crippen LogP contribution in [0, 0.1) is 5.92 Å². The lowest BCUT2D eigenvalue weighted by Gasteiger charge is -2.47. The van der Waals surface area contributed by atoms with Gasteiger partial charge in [0.05, 0.1) is 12.6 Å². The Hall–Kier alpha value is -3.08. The molecular formula is C26H29N3O2. The van der Waals surface area contributed by atoms with Crippen LogP contribution >= 0.6 is 0 Å². The maximum absolute atomic E-state index is 13.5. The molecule has 1 N–H and O–H groups in total. The Morgan fingerprint density at radius 3 is 2.55 bits per heavy atom. The Morgan fingerprint density at radius 2 is 1.77 bits per heavy atom. The average molecular weight is 416 g/mol. The van der Waals surface area contributed by atoms with Crippen LogP contribution in [-0.2, 0) is 22.4 Å². The molecule has 5 rings (SSSR count). The Labute approximate surface area is 183 Å². The molecule has 0 saturated carbocycles. The van der Waals surface area contributed by atoms with Crippen LogP contribution in [0.5, 0.6) is 0 Å². The van der Waals surface area contributed by atoms with Crippen molar-refractivity contribution in [3.63, 3.8) is 0 Å². The molecule has 2 aliphatic heterocycles. The van der Waals surface area contributed by atoms with Gasteiger partial charge in [0.1, 0.15) is 6.04 Å². The van der Waals surface area contributed by atoms with Crippen LogP contribution in [-0.4, -0.2) is 45.7 Å². The molecule has 0 bridgehead atoms. The number of piperazine rings is 1. The molecule has 1 aromatic heterocycles. The van der Waals surface area contributed by atoms with Crippen LogP contribution in [0.25, 0.3) is 10.9 Å². The molecule has 31 heavy (non-hydrogen) atoms. The van der Waals surface area contributed by atoms with Crippen molar-refractivity contribution in [3.05, 3.63) is 71.4 Å². The van der Waals surface area contributed by atoms with Gasteiger partial charge in [-0.05, 0) is 36.0 Å². The summed E-state index contributed by atoms with van der Waals surface area (Å²) in [6.07, 6.45) is 2.24. The van der Waals surface area contributed by atoms with E-state index in [-0.39, 0.29) is 24.4 Å². The standard InChI is InChI=1S/C26H29N3O2/c1-17(2)15-28-16-24(30)29-22(13-12-18-8-4-3-5-9-18)25-20(14-23(29)26(28)31)19-10-6-7-11-21(19)27-25/h3-11,17,22-23,27H,12-16H2,1-2H3/t22-,23+/m1/s1. The molecule has 5 nitrogen and oxygen atoms in total. The number of fused-ring (bicyclic) bond motifs is 4. The normalized spacial score (nSPS) is 21.0. The van der Waals surface area contributed by atoms with Crippen LogP contribution in [0.3, 0.4) is 0 Å². The van der Waals surface area contributed by atoms with E-state index in [1.165, 1.54) is 16.5 Å². The van der Waals surface area contributed by atoms with Gasteiger partial charge in [-0.1, -0.05) is 62.4 Å². The van der Waals surface area contributed by atoms with Crippen molar-refractivity contribution in [2.75, 3.05) is 13.1 Å². The smallest absolute Gasteiger partial charge is 0.246 e.